The lowest BCUT2D eigenvalue weighted by Gasteiger charge is -2.35. The van der Waals surface area contributed by atoms with E-state index in [1.807, 2.05) is 11.9 Å². The summed E-state index contributed by atoms with van der Waals surface area (Å²) in [5.74, 6) is 0.0680. The highest BCUT2D eigenvalue weighted by Gasteiger charge is 2.25. The lowest BCUT2D eigenvalue weighted by atomic mass is 10.0. The predicted octanol–water partition coefficient (Wildman–Crippen LogP) is 2.01. The van der Waals surface area contributed by atoms with Gasteiger partial charge in [0.05, 0.1) is 0 Å². The summed E-state index contributed by atoms with van der Waals surface area (Å²) in [6, 6.07) is 3.84. The van der Waals surface area contributed by atoms with Gasteiger partial charge in [-0.25, -0.2) is 4.98 Å². The fraction of sp³-hybridized carbons (Fsp3) is 0.538. The molecule has 2 heterocycles. The first-order valence-electron chi connectivity index (χ1n) is 6.15. The van der Waals surface area contributed by atoms with Crippen LogP contribution in [0.2, 0.25) is 0 Å². The number of halogens is 1. The van der Waals surface area contributed by atoms with Gasteiger partial charge in [0.1, 0.15) is 4.60 Å². The first-order chi connectivity index (χ1) is 8.58. The van der Waals surface area contributed by atoms with Gasteiger partial charge in [0.2, 0.25) is 0 Å². The second-order valence-corrected chi connectivity index (χ2v) is 5.65. The van der Waals surface area contributed by atoms with Gasteiger partial charge in [-0.3, -0.25) is 4.79 Å². The van der Waals surface area contributed by atoms with E-state index in [9.17, 15) is 4.79 Å². The molecular formula is C13H18BrN3O. The number of aromatic nitrogens is 1. The van der Waals surface area contributed by atoms with Crippen LogP contribution in [-0.4, -0.2) is 53.9 Å². The van der Waals surface area contributed by atoms with Gasteiger partial charge >= 0.3 is 0 Å². The fourth-order valence-electron chi connectivity index (χ4n) is 2.36. The smallest absolute Gasteiger partial charge is 0.254 e. The predicted molar refractivity (Wildman–Crippen MR) is 74.5 cm³/mol. The van der Waals surface area contributed by atoms with Gasteiger partial charge in [-0.1, -0.05) is 0 Å². The Labute approximate surface area is 116 Å². The van der Waals surface area contributed by atoms with Crippen molar-refractivity contribution in [1.29, 1.82) is 0 Å². The van der Waals surface area contributed by atoms with E-state index in [2.05, 4.69) is 32.9 Å². The maximum Gasteiger partial charge on any atom is 0.254 e. The van der Waals surface area contributed by atoms with E-state index in [0.29, 0.717) is 16.2 Å². The lowest BCUT2D eigenvalue weighted by Crippen LogP contribution is -2.47. The minimum absolute atomic E-state index is 0.0680. The summed E-state index contributed by atoms with van der Waals surface area (Å²) in [4.78, 5) is 20.5. The molecule has 0 aliphatic carbocycles. The van der Waals surface area contributed by atoms with Gasteiger partial charge in [0, 0.05) is 31.4 Å². The van der Waals surface area contributed by atoms with E-state index >= 15 is 0 Å². The van der Waals surface area contributed by atoms with Crippen molar-refractivity contribution in [2.45, 2.75) is 18.9 Å². The van der Waals surface area contributed by atoms with Gasteiger partial charge in [-0.15, -0.1) is 0 Å². The second kappa shape index (κ2) is 5.80. The Kier molecular flexibility index (Phi) is 4.35. The monoisotopic (exact) mass is 311 g/mol. The molecule has 1 aromatic heterocycles. The molecule has 1 unspecified atom stereocenters. The van der Waals surface area contributed by atoms with Crippen LogP contribution in [0.25, 0.3) is 0 Å². The molecule has 2 rings (SSSR count). The summed E-state index contributed by atoms with van der Waals surface area (Å²) >= 11 is 3.30. The molecule has 1 aromatic rings. The Bertz CT molecular complexity index is 438. The number of rotatable bonds is 2. The molecule has 0 bridgehead atoms. The largest absolute Gasteiger partial charge is 0.337 e. The molecule has 98 valence electrons. The lowest BCUT2D eigenvalue weighted by molar-refractivity contribution is 0.0644. The van der Waals surface area contributed by atoms with Crippen LogP contribution in [0.4, 0.5) is 0 Å². The zero-order valence-electron chi connectivity index (χ0n) is 10.8. The molecule has 1 aliphatic heterocycles. The van der Waals surface area contributed by atoms with E-state index in [4.69, 9.17) is 0 Å². The van der Waals surface area contributed by atoms with Crippen molar-refractivity contribution in [3.63, 3.8) is 0 Å². The first kappa shape index (κ1) is 13.5. The molecule has 0 radical (unpaired) electrons. The van der Waals surface area contributed by atoms with Crippen LogP contribution < -0.4 is 0 Å². The molecule has 1 saturated heterocycles. The van der Waals surface area contributed by atoms with E-state index in [0.717, 1.165) is 25.9 Å². The van der Waals surface area contributed by atoms with Crippen LogP contribution in [0.5, 0.6) is 0 Å². The van der Waals surface area contributed by atoms with Gasteiger partial charge in [-0.05, 0) is 54.5 Å². The summed E-state index contributed by atoms with van der Waals surface area (Å²) in [5.41, 5.74) is 0.688. The summed E-state index contributed by atoms with van der Waals surface area (Å²) in [7, 11) is 3.99. The first-order valence-corrected chi connectivity index (χ1v) is 6.94. The normalized spacial score (nSPS) is 20.7. The Morgan fingerprint density at radius 3 is 3.06 bits per heavy atom. The van der Waals surface area contributed by atoms with Gasteiger partial charge in [-0.2, -0.15) is 0 Å². The highest BCUT2D eigenvalue weighted by molar-refractivity contribution is 9.10. The number of piperidine rings is 1. The molecule has 0 saturated carbocycles. The highest BCUT2D eigenvalue weighted by atomic mass is 79.9. The average Bonchev–Trinajstić information content (AvgIpc) is 2.37. The molecule has 18 heavy (non-hydrogen) atoms. The number of carbonyl (C=O) groups is 1. The molecule has 5 heteroatoms. The summed E-state index contributed by atoms with van der Waals surface area (Å²) < 4.78 is 0.697. The molecule has 4 nitrogen and oxygen atoms in total. The van der Waals surface area contributed by atoms with Crippen molar-refractivity contribution in [3.8, 4) is 0 Å². The van der Waals surface area contributed by atoms with Gasteiger partial charge in [0.25, 0.3) is 5.91 Å². The summed E-state index contributed by atoms with van der Waals surface area (Å²) in [6.45, 7) is 2.08. The summed E-state index contributed by atoms with van der Waals surface area (Å²) in [5, 5.41) is 0. The van der Waals surface area contributed by atoms with E-state index in [1.54, 1.807) is 18.3 Å². The zero-order valence-corrected chi connectivity index (χ0v) is 12.4. The maximum atomic E-state index is 12.4. The van der Waals surface area contributed by atoms with Crippen molar-refractivity contribution in [2.75, 3.05) is 27.2 Å². The number of likely N-dealkylation sites (tertiary alicyclic amines) is 1. The second-order valence-electron chi connectivity index (χ2n) is 4.84. The van der Waals surface area contributed by atoms with Crippen molar-refractivity contribution >= 4 is 21.8 Å². The fourth-order valence-corrected chi connectivity index (χ4v) is 2.73. The number of nitrogens with zero attached hydrogens (tertiary/aromatic N) is 3. The van der Waals surface area contributed by atoms with Crippen LogP contribution in [0.3, 0.4) is 0 Å². The van der Waals surface area contributed by atoms with E-state index in [1.165, 1.54) is 0 Å². The Morgan fingerprint density at radius 2 is 2.39 bits per heavy atom. The van der Waals surface area contributed by atoms with Crippen LogP contribution in [-0.2, 0) is 0 Å². The van der Waals surface area contributed by atoms with Crippen LogP contribution in [0.15, 0.2) is 22.9 Å². The number of pyridine rings is 1. The number of likely N-dealkylation sites (N-methyl/N-ethyl adjacent to an activating group) is 2. The van der Waals surface area contributed by atoms with Gasteiger partial charge in [0.15, 0.2) is 0 Å². The topological polar surface area (TPSA) is 36.4 Å². The molecule has 1 amide bonds. The third-order valence-electron chi connectivity index (χ3n) is 3.44. The third kappa shape index (κ3) is 3.09. The van der Waals surface area contributed by atoms with Crippen molar-refractivity contribution < 1.29 is 4.79 Å². The molecule has 0 N–H and O–H groups in total. The van der Waals surface area contributed by atoms with Crippen LogP contribution >= 0.6 is 15.9 Å². The molecule has 0 aromatic carbocycles. The third-order valence-corrected chi connectivity index (χ3v) is 3.87. The number of hydrogen-bond acceptors (Lipinski definition) is 3. The molecule has 1 atom stereocenters. The minimum Gasteiger partial charge on any atom is -0.337 e. The summed E-state index contributed by atoms with van der Waals surface area (Å²) in [6.07, 6.45) is 3.88. The van der Waals surface area contributed by atoms with E-state index in [-0.39, 0.29) is 5.91 Å². The van der Waals surface area contributed by atoms with Crippen molar-refractivity contribution in [3.05, 3.63) is 28.5 Å². The minimum atomic E-state index is 0.0680. The van der Waals surface area contributed by atoms with Crippen LogP contribution in [0, 0.1) is 0 Å². The molecule has 1 aliphatic rings. The Hall–Kier alpha value is -0.940. The molecule has 0 spiro atoms. The number of amides is 1. The SMILES string of the molecule is CN1CCCC(N(C)C(=O)c2ccnc(Br)c2)C1. The Balaban J connectivity index is 2.08. The number of hydrogen-bond donors (Lipinski definition) is 0. The number of carbonyl (C=O) groups excluding carboxylic acids is 1. The van der Waals surface area contributed by atoms with Gasteiger partial charge < -0.3 is 9.80 Å². The average molecular weight is 312 g/mol. The van der Waals surface area contributed by atoms with Crippen LogP contribution in [0.1, 0.15) is 23.2 Å². The van der Waals surface area contributed by atoms with Crippen molar-refractivity contribution in [2.24, 2.45) is 0 Å². The quantitative estimate of drug-likeness (QED) is 0.784. The zero-order chi connectivity index (χ0) is 13.1. The highest BCUT2D eigenvalue weighted by Crippen LogP contribution is 2.17. The maximum absolute atomic E-state index is 12.4. The molecular weight excluding hydrogens is 294 g/mol. The van der Waals surface area contributed by atoms with E-state index < -0.39 is 0 Å². The molecule has 1 fully saturated rings. The Morgan fingerprint density at radius 1 is 1.61 bits per heavy atom. The standard InChI is InChI=1S/C13H18BrN3O/c1-16-7-3-4-11(9-16)17(2)13(18)10-5-6-15-12(14)8-10/h5-6,8,11H,3-4,7,9H2,1-2H3. The van der Waals surface area contributed by atoms with Crippen molar-refractivity contribution in [1.82, 2.24) is 14.8 Å².